The monoisotopic (exact) mass is 279 g/mol. The fraction of sp³-hybridized carbons (Fsp3) is 0.0714. The van der Waals surface area contributed by atoms with E-state index in [2.05, 4.69) is 4.99 Å². The third-order valence-electron chi connectivity index (χ3n) is 2.64. The van der Waals surface area contributed by atoms with Crippen molar-refractivity contribution in [1.29, 1.82) is 0 Å². The van der Waals surface area contributed by atoms with Gasteiger partial charge in [-0.05, 0) is 36.4 Å². The molecule has 0 saturated carbocycles. The van der Waals surface area contributed by atoms with Crippen molar-refractivity contribution in [3.05, 3.63) is 53.6 Å². The van der Waals surface area contributed by atoms with Crippen LogP contribution in [0.3, 0.4) is 0 Å². The maximum atomic E-state index is 12.6. The fourth-order valence-corrected chi connectivity index (χ4v) is 1.61. The summed E-state index contributed by atoms with van der Waals surface area (Å²) in [5, 5.41) is 0. The number of hydrogen-bond donors (Lipinski definition) is 2. The van der Waals surface area contributed by atoms with Crippen LogP contribution in [0.25, 0.3) is 0 Å². The summed E-state index contributed by atoms with van der Waals surface area (Å²) >= 11 is 0. The van der Waals surface area contributed by atoms with Crippen LogP contribution >= 0.6 is 0 Å². The first-order valence-corrected chi connectivity index (χ1v) is 5.72. The first-order valence-electron chi connectivity index (χ1n) is 5.72. The number of rotatable bonds is 2. The van der Waals surface area contributed by atoms with Gasteiger partial charge in [-0.2, -0.15) is 13.2 Å². The number of alkyl halides is 3. The molecule has 20 heavy (non-hydrogen) atoms. The smallest absolute Gasteiger partial charge is 0.399 e. The SMILES string of the molecule is Nc1ccc(N)c(C=Nc2cccc(C(F)(F)F)c2)c1. The van der Waals surface area contributed by atoms with Gasteiger partial charge in [0.05, 0.1) is 11.3 Å². The number of nitrogen functional groups attached to an aromatic ring is 2. The average molecular weight is 279 g/mol. The Morgan fingerprint density at radius 3 is 2.45 bits per heavy atom. The van der Waals surface area contributed by atoms with E-state index in [1.807, 2.05) is 0 Å². The highest BCUT2D eigenvalue weighted by Crippen LogP contribution is 2.31. The summed E-state index contributed by atoms with van der Waals surface area (Å²) in [6.45, 7) is 0. The predicted octanol–water partition coefficient (Wildman–Crippen LogP) is 3.62. The lowest BCUT2D eigenvalue weighted by molar-refractivity contribution is -0.137. The molecule has 2 aromatic carbocycles. The van der Waals surface area contributed by atoms with Crippen molar-refractivity contribution in [3.8, 4) is 0 Å². The maximum absolute atomic E-state index is 12.6. The van der Waals surface area contributed by atoms with E-state index in [4.69, 9.17) is 11.5 Å². The number of anilines is 2. The van der Waals surface area contributed by atoms with Gasteiger partial charge in [0, 0.05) is 23.2 Å². The van der Waals surface area contributed by atoms with Crippen molar-refractivity contribution in [1.82, 2.24) is 0 Å². The van der Waals surface area contributed by atoms with Crippen LogP contribution in [0.5, 0.6) is 0 Å². The molecule has 2 aromatic rings. The van der Waals surface area contributed by atoms with Crippen LogP contribution in [0.4, 0.5) is 30.2 Å². The molecule has 104 valence electrons. The fourth-order valence-electron chi connectivity index (χ4n) is 1.61. The van der Waals surface area contributed by atoms with Gasteiger partial charge in [0.2, 0.25) is 0 Å². The summed E-state index contributed by atoms with van der Waals surface area (Å²) in [4.78, 5) is 3.99. The van der Waals surface area contributed by atoms with Crippen molar-refractivity contribution >= 4 is 23.3 Å². The molecule has 0 spiro atoms. The van der Waals surface area contributed by atoms with Crippen molar-refractivity contribution in [2.24, 2.45) is 4.99 Å². The summed E-state index contributed by atoms with van der Waals surface area (Å²) < 4.78 is 37.7. The third kappa shape index (κ3) is 3.28. The molecular weight excluding hydrogens is 267 g/mol. The lowest BCUT2D eigenvalue weighted by Crippen LogP contribution is -2.03. The van der Waals surface area contributed by atoms with Gasteiger partial charge >= 0.3 is 6.18 Å². The number of aliphatic imine (C=N–C) groups is 1. The van der Waals surface area contributed by atoms with Crippen molar-refractivity contribution in [2.75, 3.05) is 11.5 Å². The second-order valence-electron chi connectivity index (χ2n) is 4.19. The van der Waals surface area contributed by atoms with Gasteiger partial charge in [-0.15, -0.1) is 0 Å². The van der Waals surface area contributed by atoms with Crippen molar-refractivity contribution in [2.45, 2.75) is 6.18 Å². The van der Waals surface area contributed by atoms with Crippen LogP contribution in [0.2, 0.25) is 0 Å². The van der Waals surface area contributed by atoms with Crippen LogP contribution in [-0.2, 0) is 6.18 Å². The molecular formula is C14H12F3N3. The summed E-state index contributed by atoms with van der Waals surface area (Å²) in [6, 6.07) is 9.60. The molecule has 6 heteroatoms. The first-order chi connectivity index (χ1) is 9.36. The topological polar surface area (TPSA) is 64.4 Å². The minimum atomic E-state index is -4.39. The molecule has 0 aromatic heterocycles. The second-order valence-corrected chi connectivity index (χ2v) is 4.19. The van der Waals surface area contributed by atoms with Crippen LogP contribution in [0.1, 0.15) is 11.1 Å². The first kappa shape index (κ1) is 13.9. The molecule has 0 aliphatic rings. The summed E-state index contributed by atoms with van der Waals surface area (Å²) in [5.41, 5.74) is 12.3. The van der Waals surface area contributed by atoms with Gasteiger partial charge in [0.15, 0.2) is 0 Å². The Hall–Kier alpha value is -2.50. The molecule has 0 atom stereocenters. The summed E-state index contributed by atoms with van der Waals surface area (Å²) in [7, 11) is 0. The molecule has 4 N–H and O–H groups in total. The van der Waals surface area contributed by atoms with E-state index in [0.717, 1.165) is 12.1 Å². The molecule has 0 radical (unpaired) electrons. The lowest BCUT2D eigenvalue weighted by atomic mass is 10.1. The van der Waals surface area contributed by atoms with E-state index in [9.17, 15) is 13.2 Å². The largest absolute Gasteiger partial charge is 0.416 e. The van der Waals surface area contributed by atoms with Gasteiger partial charge in [0.25, 0.3) is 0 Å². The zero-order valence-electron chi connectivity index (χ0n) is 10.4. The predicted molar refractivity (Wildman–Crippen MR) is 74.0 cm³/mol. The Morgan fingerprint density at radius 1 is 1.00 bits per heavy atom. The Morgan fingerprint density at radius 2 is 1.75 bits per heavy atom. The van der Waals surface area contributed by atoms with Crippen molar-refractivity contribution in [3.63, 3.8) is 0 Å². The van der Waals surface area contributed by atoms with E-state index in [-0.39, 0.29) is 5.69 Å². The average Bonchev–Trinajstić information content (AvgIpc) is 2.39. The van der Waals surface area contributed by atoms with Crippen LogP contribution in [0.15, 0.2) is 47.5 Å². The number of nitrogens with two attached hydrogens (primary N) is 2. The van der Waals surface area contributed by atoms with E-state index in [1.54, 1.807) is 18.2 Å². The zero-order valence-corrected chi connectivity index (χ0v) is 10.4. The van der Waals surface area contributed by atoms with Gasteiger partial charge < -0.3 is 11.5 Å². The molecule has 2 rings (SSSR count). The third-order valence-corrected chi connectivity index (χ3v) is 2.64. The van der Waals surface area contributed by atoms with E-state index in [0.29, 0.717) is 16.9 Å². The number of hydrogen-bond acceptors (Lipinski definition) is 3. The lowest BCUT2D eigenvalue weighted by Gasteiger charge is -2.06. The van der Waals surface area contributed by atoms with Gasteiger partial charge in [-0.1, -0.05) is 6.07 Å². The summed E-state index contributed by atoms with van der Waals surface area (Å²) in [5.74, 6) is 0. The van der Waals surface area contributed by atoms with Crippen LogP contribution in [0, 0.1) is 0 Å². The van der Waals surface area contributed by atoms with E-state index < -0.39 is 11.7 Å². The van der Waals surface area contributed by atoms with E-state index >= 15 is 0 Å². The quantitative estimate of drug-likeness (QED) is 0.651. The highest BCUT2D eigenvalue weighted by atomic mass is 19.4. The molecule has 0 fully saturated rings. The highest BCUT2D eigenvalue weighted by Gasteiger charge is 2.30. The number of benzene rings is 2. The molecule has 3 nitrogen and oxygen atoms in total. The molecule has 0 aliphatic heterocycles. The molecule has 0 bridgehead atoms. The van der Waals surface area contributed by atoms with E-state index in [1.165, 1.54) is 18.3 Å². The Bertz CT molecular complexity index is 648. The molecule has 0 saturated heterocycles. The summed E-state index contributed by atoms with van der Waals surface area (Å²) in [6.07, 6.45) is -3.00. The molecule has 0 unspecified atom stereocenters. The van der Waals surface area contributed by atoms with Gasteiger partial charge in [-0.3, -0.25) is 4.99 Å². The molecule has 0 aliphatic carbocycles. The number of nitrogens with zero attached hydrogens (tertiary/aromatic N) is 1. The Labute approximate surface area is 113 Å². The second kappa shape index (κ2) is 5.24. The van der Waals surface area contributed by atoms with Gasteiger partial charge in [0.1, 0.15) is 0 Å². The standard InChI is InChI=1S/C14H12F3N3/c15-14(16,17)10-2-1-3-12(7-10)20-8-9-6-11(18)4-5-13(9)19/h1-8H,18-19H2. The minimum absolute atomic E-state index is 0.196. The Balaban J connectivity index is 2.30. The molecule has 0 heterocycles. The minimum Gasteiger partial charge on any atom is -0.399 e. The zero-order chi connectivity index (χ0) is 14.8. The molecule has 0 amide bonds. The number of halogens is 3. The maximum Gasteiger partial charge on any atom is 0.416 e. The van der Waals surface area contributed by atoms with Crippen LogP contribution < -0.4 is 11.5 Å². The van der Waals surface area contributed by atoms with Crippen LogP contribution in [-0.4, -0.2) is 6.21 Å². The highest BCUT2D eigenvalue weighted by molar-refractivity contribution is 5.89. The van der Waals surface area contributed by atoms with Gasteiger partial charge in [-0.25, -0.2) is 0 Å². The normalized spacial score (nSPS) is 11.9. The Kier molecular flexibility index (Phi) is 3.65. The van der Waals surface area contributed by atoms with Crippen molar-refractivity contribution < 1.29 is 13.2 Å².